The highest BCUT2D eigenvalue weighted by molar-refractivity contribution is 6.04. The van der Waals surface area contributed by atoms with Crippen LogP contribution in [0, 0.1) is 12.7 Å². The lowest BCUT2D eigenvalue weighted by atomic mass is 10.1. The third-order valence-corrected chi connectivity index (χ3v) is 4.13. The minimum absolute atomic E-state index is 0.278. The zero-order valence-corrected chi connectivity index (χ0v) is 14.3. The number of hydrogen-bond donors (Lipinski definition) is 1. The van der Waals surface area contributed by atoms with Crippen molar-refractivity contribution in [2.75, 3.05) is 5.32 Å². The van der Waals surface area contributed by atoms with E-state index in [1.54, 1.807) is 25.3 Å². The molecular formula is C20H20FN3O. The fourth-order valence-electron chi connectivity index (χ4n) is 2.73. The standard InChI is InChI=1S/C20H20FN3O/c1-3-19-17(12-22-24(19)13-15-7-5-4-6-8-15)20(25)23-16-10-9-14(2)18(21)11-16/h4-12H,3,13H2,1-2H3,(H,23,25). The minimum Gasteiger partial charge on any atom is -0.322 e. The first kappa shape index (κ1) is 16.9. The molecule has 0 bridgehead atoms. The molecule has 0 fully saturated rings. The zero-order chi connectivity index (χ0) is 17.8. The highest BCUT2D eigenvalue weighted by Crippen LogP contribution is 2.17. The number of rotatable bonds is 5. The smallest absolute Gasteiger partial charge is 0.259 e. The monoisotopic (exact) mass is 337 g/mol. The van der Waals surface area contributed by atoms with Gasteiger partial charge >= 0.3 is 0 Å². The quantitative estimate of drug-likeness (QED) is 0.759. The summed E-state index contributed by atoms with van der Waals surface area (Å²) in [7, 11) is 0. The fourth-order valence-corrected chi connectivity index (χ4v) is 2.73. The molecule has 1 amide bonds. The molecule has 128 valence electrons. The molecule has 0 atom stereocenters. The second-order valence-corrected chi connectivity index (χ2v) is 5.92. The van der Waals surface area contributed by atoms with Crippen LogP contribution >= 0.6 is 0 Å². The van der Waals surface area contributed by atoms with Crippen LogP contribution < -0.4 is 5.32 Å². The van der Waals surface area contributed by atoms with Crippen molar-refractivity contribution in [2.45, 2.75) is 26.8 Å². The molecule has 0 spiro atoms. The van der Waals surface area contributed by atoms with E-state index in [9.17, 15) is 9.18 Å². The Morgan fingerprint density at radius 3 is 2.64 bits per heavy atom. The molecule has 1 heterocycles. The number of nitrogens with one attached hydrogen (secondary N) is 1. The second-order valence-electron chi connectivity index (χ2n) is 5.92. The lowest BCUT2D eigenvalue weighted by Crippen LogP contribution is -2.15. The lowest BCUT2D eigenvalue weighted by molar-refractivity contribution is 0.102. The molecule has 0 aliphatic heterocycles. The van der Waals surface area contributed by atoms with Crippen molar-refractivity contribution in [1.29, 1.82) is 0 Å². The number of aryl methyl sites for hydroxylation is 1. The van der Waals surface area contributed by atoms with E-state index in [2.05, 4.69) is 10.4 Å². The Kier molecular flexibility index (Phi) is 4.93. The molecule has 0 aliphatic carbocycles. The number of benzene rings is 2. The van der Waals surface area contributed by atoms with Crippen molar-refractivity contribution in [2.24, 2.45) is 0 Å². The lowest BCUT2D eigenvalue weighted by Gasteiger charge is -2.09. The van der Waals surface area contributed by atoms with Crippen molar-refractivity contribution >= 4 is 11.6 Å². The van der Waals surface area contributed by atoms with Gasteiger partial charge in [0.05, 0.1) is 24.0 Å². The van der Waals surface area contributed by atoms with Gasteiger partial charge in [0.15, 0.2) is 0 Å². The van der Waals surface area contributed by atoms with E-state index >= 15 is 0 Å². The molecule has 4 nitrogen and oxygen atoms in total. The molecule has 0 unspecified atom stereocenters. The van der Waals surface area contributed by atoms with E-state index in [4.69, 9.17) is 0 Å². The third kappa shape index (κ3) is 3.76. The topological polar surface area (TPSA) is 46.9 Å². The predicted molar refractivity (Wildman–Crippen MR) is 96.2 cm³/mol. The molecule has 1 N–H and O–H groups in total. The van der Waals surface area contributed by atoms with Crippen molar-refractivity contribution in [1.82, 2.24) is 9.78 Å². The molecule has 0 aliphatic rings. The van der Waals surface area contributed by atoms with Gasteiger partial charge in [0.2, 0.25) is 0 Å². The Morgan fingerprint density at radius 1 is 1.20 bits per heavy atom. The van der Waals surface area contributed by atoms with E-state index < -0.39 is 0 Å². The van der Waals surface area contributed by atoms with Gasteiger partial charge in [-0.15, -0.1) is 0 Å². The summed E-state index contributed by atoms with van der Waals surface area (Å²) in [5.74, 6) is -0.618. The number of anilines is 1. The summed E-state index contributed by atoms with van der Waals surface area (Å²) in [4.78, 5) is 12.6. The van der Waals surface area contributed by atoms with E-state index in [0.717, 1.165) is 11.3 Å². The second kappa shape index (κ2) is 7.30. The zero-order valence-electron chi connectivity index (χ0n) is 14.3. The molecule has 0 saturated heterocycles. The van der Waals surface area contributed by atoms with Gasteiger partial charge in [0, 0.05) is 5.69 Å². The van der Waals surface area contributed by atoms with Gasteiger partial charge in [-0.05, 0) is 36.6 Å². The van der Waals surface area contributed by atoms with E-state index in [-0.39, 0.29) is 11.7 Å². The molecule has 0 saturated carbocycles. The Labute approximate surface area is 146 Å². The maximum Gasteiger partial charge on any atom is 0.259 e. The number of nitrogens with zero attached hydrogens (tertiary/aromatic N) is 2. The number of amides is 1. The molecule has 1 aromatic heterocycles. The number of carbonyl (C=O) groups is 1. The number of halogens is 1. The minimum atomic E-state index is -0.340. The normalized spacial score (nSPS) is 10.7. The molecule has 3 rings (SSSR count). The van der Waals surface area contributed by atoms with Crippen LogP contribution in [0.15, 0.2) is 54.7 Å². The average Bonchev–Trinajstić information content (AvgIpc) is 3.02. The molecule has 25 heavy (non-hydrogen) atoms. The molecule has 2 aromatic carbocycles. The SMILES string of the molecule is CCc1c(C(=O)Nc2ccc(C)c(F)c2)cnn1Cc1ccccc1. The van der Waals surface area contributed by atoms with E-state index in [0.29, 0.717) is 29.8 Å². The predicted octanol–water partition coefficient (Wildman–Crippen LogP) is 4.19. The largest absolute Gasteiger partial charge is 0.322 e. The van der Waals surface area contributed by atoms with Gasteiger partial charge in [-0.1, -0.05) is 43.3 Å². The maximum absolute atomic E-state index is 13.7. The summed E-state index contributed by atoms with van der Waals surface area (Å²) in [5, 5.41) is 7.10. The summed E-state index contributed by atoms with van der Waals surface area (Å²) in [6, 6.07) is 14.6. The van der Waals surface area contributed by atoms with Gasteiger partial charge < -0.3 is 5.32 Å². The first-order valence-electron chi connectivity index (χ1n) is 8.24. The summed E-state index contributed by atoms with van der Waals surface area (Å²) >= 11 is 0. The molecule has 5 heteroatoms. The van der Waals surface area contributed by atoms with Crippen LogP contribution in [-0.2, 0) is 13.0 Å². The van der Waals surface area contributed by atoms with Crippen LogP contribution in [0.2, 0.25) is 0 Å². The van der Waals surface area contributed by atoms with Crippen LogP contribution in [0.25, 0.3) is 0 Å². The molecular weight excluding hydrogens is 317 g/mol. The van der Waals surface area contributed by atoms with Crippen LogP contribution in [0.4, 0.5) is 10.1 Å². The van der Waals surface area contributed by atoms with Crippen LogP contribution in [0.5, 0.6) is 0 Å². The van der Waals surface area contributed by atoms with Gasteiger partial charge in [0.1, 0.15) is 5.82 Å². The van der Waals surface area contributed by atoms with Gasteiger partial charge in [-0.2, -0.15) is 5.10 Å². The molecule has 0 radical (unpaired) electrons. The Hall–Kier alpha value is -2.95. The van der Waals surface area contributed by atoms with Gasteiger partial charge in [-0.25, -0.2) is 4.39 Å². The van der Waals surface area contributed by atoms with Crippen LogP contribution in [0.1, 0.15) is 34.1 Å². The van der Waals surface area contributed by atoms with E-state index in [1.807, 2.05) is 41.9 Å². The Morgan fingerprint density at radius 2 is 1.96 bits per heavy atom. The number of aromatic nitrogens is 2. The molecule has 3 aromatic rings. The van der Waals surface area contributed by atoms with Crippen LogP contribution in [-0.4, -0.2) is 15.7 Å². The summed E-state index contributed by atoms with van der Waals surface area (Å²) in [6.45, 7) is 4.28. The Balaban J connectivity index is 1.82. The van der Waals surface area contributed by atoms with Crippen molar-refractivity contribution < 1.29 is 9.18 Å². The first-order chi connectivity index (χ1) is 12.1. The maximum atomic E-state index is 13.7. The highest BCUT2D eigenvalue weighted by atomic mass is 19.1. The Bertz CT molecular complexity index is 887. The summed E-state index contributed by atoms with van der Waals surface area (Å²) < 4.78 is 15.5. The van der Waals surface area contributed by atoms with Crippen LogP contribution in [0.3, 0.4) is 0 Å². The van der Waals surface area contributed by atoms with Gasteiger partial charge in [0.25, 0.3) is 5.91 Å². The van der Waals surface area contributed by atoms with Gasteiger partial charge in [-0.3, -0.25) is 9.48 Å². The summed E-state index contributed by atoms with van der Waals surface area (Å²) in [5.41, 5.74) is 3.47. The fraction of sp³-hybridized carbons (Fsp3) is 0.200. The van der Waals surface area contributed by atoms with Crippen molar-refractivity contribution in [3.63, 3.8) is 0 Å². The van der Waals surface area contributed by atoms with Crippen molar-refractivity contribution in [3.05, 3.63) is 82.9 Å². The number of carbonyl (C=O) groups excluding carboxylic acids is 1. The highest BCUT2D eigenvalue weighted by Gasteiger charge is 2.17. The van der Waals surface area contributed by atoms with E-state index in [1.165, 1.54) is 6.07 Å². The average molecular weight is 337 g/mol. The third-order valence-electron chi connectivity index (χ3n) is 4.13. The first-order valence-corrected chi connectivity index (χ1v) is 8.24. The number of hydrogen-bond acceptors (Lipinski definition) is 2. The summed E-state index contributed by atoms with van der Waals surface area (Å²) in [6.07, 6.45) is 2.25. The van der Waals surface area contributed by atoms with Crippen molar-refractivity contribution in [3.8, 4) is 0 Å².